The van der Waals surface area contributed by atoms with Crippen molar-refractivity contribution in [3.05, 3.63) is 71.3 Å². The Hall–Kier alpha value is -2.13. The number of guanidine groups is 1. The minimum Gasteiger partial charge on any atom is -0.356 e. The molecule has 0 radical (unpaired) electrons. The monoisotopic (exact) mass is 549 g/mol. The summed E-state index contributed by atoms with van der Waals surface area (Å²) in [5, 5.41) is 7.00. The number of rotatable bonds is 7. The molecule has 3 rings (SSSR count). The summed E-state index contributed by atoms with van der Waals surface area (Å²) in [4.78, 5) is 20.7. The van der Waals surface area contributed by atoms with E-state index in [1.165, 1.54) is 5.56 Å². The van der Waals surface area contributed by atoms with Gasteiger partial charge in [0, 0.05) is 58.4 Å². The quantitative estimate of drug-likeness (QED) is 0.316. The number of benzene rings is 2. The van der Waals surface area contributed by atoms with Crippen LogP contribution in [0.4, 0.5) is 0 Å². The molecule has 1 saturated heterocycles. The number of aliphatic imine (C=N–C) groups is 1. The first kappa shape index (κ1) is 26.1. The minimum atomic E-state index is 0. The Morgan fingerprint density at radius 3 is 2.53 bits per heavy atom. The number of nitrogens with one attached hydrogen (secondary N) is 2. The van der Waals surface area contributed by atoms with Gasteiger partial charge in [0.15, 0.2) is 5.96 Å². The van der Waals surface area contributed by atoms with E-state index in [9.17, 15) is 4.79 Å². The van der Waals surface area contributed by atoms with Crippen molar-refractivity contribution in [3.8, 4) is 0 Å². The maximum Gasteiger partial charge on any atom is 0.253 e. The van der Waals surface area contributed by atoms with Crippen LogP contribution in [0.25, 0.3) is 0 Å². The summed E-state index contributed by atoms with van der Waals surface area (Å²) in [6.45, 7) is 5.04. The number of halogens is 1. The van der Waals surface area contributed by atoms with Crippen LogP contribution in [0.15, 0.2) is 59.6 Å². The SMILES string of the molecule is CN=C(NCCc1cccc(C(=O)N(C)C)c1)NC1CC(C)N(Cc2ccccc2)C1.I. The van der Waals surface area contributed by atoms with Crippen molar-refractivity contribution in [2.24, 2.45) is 4.99 Å². The molecule has 0 saturated carbocycles. The minimum absolute atomic E-state index is 0. The molecule has 2 unspecified atom stereocenters. The number of hydrogen-bond donors (Lipinski definition) is 2. The molecule has 1 aliphatic heterocycles. The fraction of sp³-hybridized carbons (Fsp3) is 0.440. The molecular weight excluding hydrogens is 513 g/mol. The Morgan fingerprint density at radius 1 is 1.12 bits per heavy atom. The average Bonchev–Trinajstić information content (AvgIpc) is 3.11. The van der Waals surface area contributed by atoms with Crippen molar-refractivity contribution in [1.82, 2.24) is 20.4 Å². The van der Waals surface area contributed by atoms with Gasteiger partial charge in [-0.15, -0.1) is 24.0 Å². The van der Waals surface area contributed by atoms with Gasteiger partial charge in [-0.1, -0.05) is 42.5 Å². The summed E-state index contributed by atoms with van der Waals surface area (Å²) in [7, 11) is 5.36. The molecule has 2 atom stereocenters. The molecule has 7 heteroatoms. The van der Waals surface area contributed by atoms with Gasteiger partial charge < -0.3 is 15.5 Å². The maximum atomic E-state index is 12.2. The first-order valence-corrected chi connectivity index (χ1v) is 11.0. The highest BCUT2D eigenvalue weighted by Crippen LogP contribution is 2.20. The van der Waals surface area contributed by atoms with E-state index >= 15 is 0 Å². The zero-order valence-corrected chi connectivity index (χ0v) is 21.9. The lowest BCUT2D eigenvalue weighted by molar-refractivity contribution is 0.0827. The van der Waals surface area contributed by atoms with E-state index in [2.05, 4.69) is 63.8 Å². The largest absolute Gasteiger partial charge is 0.356 e. The standard InChI is InChI=1S/C25H35N5O.HI/c1-19-15-23(18-30(19)17-21-9-6-5-7-10-21)28-25(26-2)27-14-13-20-11-8-12-22(16-20)24(31)29(3)4;/h5-12,16,19,23H,13-15,17-18H2,1-4H3,(H2,26,27,28);1H. The Kier molecular flexibility index (Phi) is 10.4. The van der Waals surface area contributed by atoms with E-state index in [1.807, 2.05) is 25.2 Å². The third kappa shape index (κ3) is 7.48. The van der Waals surface area contributed by atoms with Gasteiger partial charge in [0.1, 0.15) is 0 Å². The van der Waals surface area contributed by atoms with Crippen molar-refractivity contribution in [2.45, 2.75) is 38.4 Å². The number of nitrogens with zero attached hydrogens (tertiary/aromatic N) is 3. The Labute approximate surface area is 209 Å². The van der Waals surface area contributed by atoms with Crippen LogP contribution < -0.4 is 10.6 Å². The molecule has 0 bridgehead atoms. The van der Waals surface area contributed by atoms with Crippen molar-refractivity contribution in [2.75, 3.05) is 34.2 Å². The van der Waals surface area contributed by atoms with Gasteiger partial charge in [-0.3, -0.25) is 14.7 Å². The zero-order valence-electron chi connectivity index (χ0n) is 19.5. The molecule has 2 N–H and O–H groups in total. The van der Waals surface area contributed by atoms with Crippen LogP contribution >= 0.6 is 24.0 Å². The summed E-state index contributed by atoms with van der Waals surface area (Å²) in [5.74, 6) is 0.863. The van der Waals surface area contributed by atoms with E-state index in [-0.39, 0.29) is 29.9 Å². The van der Waals surface area contributed by atoms with E-state index in [1.54, 1.807) is 19.0 Å². The summed E-state index contributed by atoms with van der Waals surface area (Å²) in [5.41, 5.74) is 3.22. The van der Waals surface area contributed by atoms with Crippen molar-refractivity contribution >= 4 is 35.8 Å². The van der Waals surface area contributed by atoms with Crippen molar-refractivity contribution in [1.29, 1.82) is 0 Å². The molecule has 174 valence electrons. The average molecular weight is 550 g/mol. The van der Waals surface area contributed by atoms with E-state index < -0.39 is 0 Å². The predicted octanol–water partition coefficient (Wildman–Crippen LogP) is 3.38. The third-order valence-electron chi connectivity index (χ3n) is 5.78. The second kappa shape index (κ2) is 12.8. The van der Waals surface area contributed by atoms with Crippen LogP contribution in [-0.2, 0) is 13.0 Å². The first-order chi connectivity index (χ1) is 15.0. The van der Waals surface area contributed by atoms with Crippen molar-refractivity contribution < 1.29 is 4.79 Å². The molecule has 1 fully saturated rings. The van der Waals surface area contributed by atoms with Crippen LogP contribution in [0.1, 0.15) is 34.8 Å². The molecule has 0 aliphatic carbocycles. The Balaban J connectivity index is 0.00000363. The maximum absolute atomic E-state index is 12.2. The zero-order chi connectivity index (χ0) is 22.2. The van der Waals surface area contributed by atoms with E-state index in [4.69, 9.17) is 0 Å². The highest BCUT2D eigenvalue weighted by atomic mass is 127. The lowest BCUT2D eigenvalue weighted by Gasteiger charge is -2.21. The van der Waals surface area contributed by atoms with Gasteiger partial charge >= 0.3 is 0 Å². The van der Waals surface area contributed by atoms with Crippen LogP contribution in [0.5, 0.6) is 0 Å². The topological polar surface area (TPSA) is 60.0 Å². The van der Waals surface area contributed by atoms with Crippen LogP contribution in [-0.4, -0.2) is 68.0 Å². The third-order valence-corrected chi connectivity index (χ3v) is 5.78. The number of hydrogen-bond acceptors (Lipinski definition) is 3. The predicted molar refractivity (Wildman–Crippen MR) is 143 cm³/mol. The number of carbonyl (C=O) groups is 1. The molecule has 2 aromatic rings. The fourth-order valence-electron chi connectivity index (χ4n) is 4.07. The summed E-state index contributed by atoms with van der Waals surface area (Å²) in [6.07, 6.45) is 1.93. The molecule has 0 spiro atoms. The van der Waals surface area contributed by atoms with Gasteiger partial charge in [-0.05, 0) is 43.0 Å². The number of amides is 1. The Morgan fingerprint density at radius 2 is 1.84 bits per heavy atom. The second-order valence-corrected chi connectivity index (χ2v) is 8.49. The molecule has 1 aliphatic rings. The normalized spacial score (nSPS) is 18.7. The van der Waals surface area contributed by atoms with Gasteiger partial charge in [0.25, 0.3) is 5.91 Å². The lowest BCUT2D eigenvalue weighted by Crippen LogP contribution is -2.45. The summed E-state index contributed by atoms with van der Waals surface area (Å²) < 4.78 is 0. The highest BCUT2D eigenvalue weighted by molar-refractivity contribution is 14.0. The Bertz CT molecular complexity index is 887. The van der Waals surface area contributed by atoms with Gasteiger partial charge in [-0.25, -0.2) is 0 Å². The number of likely N-dealkylation sites (tertiary alicyclic amines) is 1. The fourth-order valence-corrected chi connectivity index (χ4v) is 4.07. The van der Waals surface area contributed by atoms with Gasteiger partial charge in [0.05, 0.1) is 0 Å². The van der Waals surface area contributed by atoms with Crippen LogP contribution in [0.3, 0.4) is 0 Å². The molecule has 32 heavy (non-hydrogen) atoms. The van der Waals surface area contributed by atoms with Crippen LogP contribution in [0.2, 0.25) is 0 Å². The molecular formula is C25H36IN5O. The van der Waals surface area contributed by atoms with Crippen LogP contribution in [0, 0.1) is 0 Å². The molecule has 1 heterocycles. The molecule has 6 nitrogen and oxygen atoms in total. The van der Waals surface area contributed by atoms with Gasteiger partial charge in [-0.2, -0.15) is 0 Å². The number of carbonyl (C=O) groups excluding carboxylic acids is 1. The van der Waals surface area contributed by atoms with E-state index in [0.717, 1.165) is 49.6 Å². The van der Waals surface area contributed by atoms with E-state index in [0.29, 0.717) is 12.1 Å². The molecule has 2 aromatic carbocycles. The second-order valence-electron chi connectivity index (χ2n) is 8.49. The highest BCUT2D eigenvalue weighted by Gasteiger charge is 2.29. The smallest absolute Gasteiger partial charge is 0.253 e. The molecule has 1 amide bonds. The van der Waals surface area contributed by atoms with Crippen molar-refractivity contribution in [3.63, 3.8) is 0 Å². The summed E-state index contributed by atoms with van der Waals surface area (Å²) >= 11 is 0. The summed E-state index contributed by atoms with van der Waals surface area (Å²) in [6, 6.07) is 19.4. The molecule has 0 aromatic heterocycles. The first-order valence-electron chi connectivity index (χ1n) is 11.0. The lowest BCUT2D eigenvalue weighted by atomic mass is 10.1. The van der Waals surface area contributed by atoms with Gasteiger partial charge in [0.2, 0.25) is 0 Å².